The number of benzene rings is 4. The van der Waals surface area contributed by atoms with E-state index in [0.29, 0.717) is 0 Å². The van der Waals surface area contributed by atoms with E-state index < -0.39 is 0 Å². The summed E-state index contributed by atoms with van der Waals surface area (Å²) in [6, 6.07) is 24.6. The number of fused-ring (bicyclic) bond motifs is 7. The molecule has 0 amide bonds. The molecule has 0 saturated carbocycles. The molecule has 0 N–H and O–H groups in total. The van der Waals surface area contributed by atoms with E-state index in [0.717, 1.165) is 11.5 Å². The second kappa shape index (κ2) is 5.37. The summed E-state index contributed by atoms with van der Waals surface area (Å²) in [6.45, 7) is 6.75. The Kier molecular flexibility index (Phi) is 2.93. The number of hydrogen-bond donors (Lipinski definition) is 0. The Labute approximate surface area is 175 Å². The zero-order valence-electron chi connectivity index (χ0n) is 17.3. The lowest BCUT2D eigenvalue weighted by atomic mass is 9.34. The van der Waals surface area contributed by atoms with Crippen molar-refractivity contribution in [2.75, 3.05) is 0 Å². The van der Waals surface area contributed by atoms with Gasteiger partial charge in [0, 0.05) is 22.0 Å². The second-order valence-corrected chi connectivity index (χ2v) is 8.88. The van der Waals surface area contributed by atoms with Crippen LogP contribution in [0.25, 0.3) is 27.5 Å². The Morgan fingerprint density at radius 1 is 0.700 bits per heavy atom. The molecule has 2 aliphatic rings. The lowest BCUT2D eigenvalue weighted by molar-refractivity contribution is 0.487. The molecule has 0 unspecified atom stereocenters. The maximum absolute atomic E-state index is 6.44. The smallest absolute Gasteiger partial charge is 0.256 e. The van der Waals surface area contributed by atoms with Crippen molar-refractivity contribution in [3.05, 3.63) is 83.4 Å². The zero-order valence-corrected chi connectivity index (χ0v) is 17.3. The Bertz CT molecular complexity index is 1560. The third kappa shape index (κ3) is 1.90. The molecule has 2 aliphatic heterocycles. The molecule has 2 nitrogen and oxygen atoms in total. The van der Waals surface area contributed by atoms with Crippen molar-refractivity contribution in [1.82, 2.24) is 4.57 Å². The lowest BCUT2D eigenvalue weighted by Crippen LogP contribution is -2.58. The van der Waals surface area contributed by atoms with Crippen LogP contribution in [0.15, 0.2) is 66.7 Å². The molecule has 3 heteroatoms. The van der Waals surface area contributed by atoms with Gasteiger partial charge in [0.15, 0.2) is 0 Å². The summed E-state index contributed by atoms with van der Waals surface area (Å²) in [4.78, 5) is 0. The monoisotopic (exact) mass is 385 g/mol. The Morgan fingerprint density at radius 3 is 2.40 bits per heavy atom. The molecule has 30 heavy (non-hydrogen) atoms. The van der Waals surface area contributed by atoms with Gasteiger partial charge in [0.05, 0.1) is 5.52 Å². The average Bonchev–Trinajstić information content (AvgIpc) is 3.04. The van der Waals surface area contributed by atoms with Crippen LogP contribution in [0.5, 0.6) is 11.5 Å². The third-order valence-corrected chi connectivity index (χ3v) is 6.75. The molecule has 0 spiro atoms. The van der Waals surface area contributed by atoms with E-state index in [-0.39, 0.29) is 6.71 Å². The van der Waals surface area contributed by atoms with E-state index in [2.05, 4.69) is 92.1 Å². The summed E-state index contributed by atoms with van der Waals surface area (Å²) in [5.74, 6) is 1.96. The standard InChI is InChI=1S/C27H20BNO/c1-15-8-9-22-18(10-15)19-11-16(2)12-21-27(19)29(22)23-13-17(3)14-25-26(23)28(21)20-6-4-5-7-24(20)30-25/h4-14H,1-3H3. The molecule has 3 heterocycles. The number of ether oxygens (including phenoxy) is 1. The maximum Gasteiger partial charge on any atom is 0.256 e. The van der Waals surface area contributed by atoms with Crippen LogP contribution < -0.4 is 21.1 Å². The van der Waals surface area contributed by atoms with Crippen LogP contribution in [0.3, 0.4) is 0 Å². The first-order valence-electron chi connectivity index (χ1n) is 10.6. The highest BCUT2D eigenvalue weighted by atomic mass is 16.5. The number of hydrogen-bond acceptors (Lipinski definition) is 1. The zero-order chi connectivity index (χ0) is 20.1. The minimum Gasteiger partial charge on any atom is -0.458 e. The summed E-state index contributed by atoms with van der Waals surface area (Å²) in [7, 11) is 0. The van der Waals surface area contributed by atoms with E-state index in [1.165, 1.54) is 60.6 Å². The summed E-state index contributed by atoms with van der Waals surface area (Å²) in [5.41, 5.74) is 11.6. The van der Waals surface area contributed by atoms with Gasteiger partial charge in [-0.05, 0) is 79.1 Å². The number of aromatic nitrogens is 1. The van der Waals surface area contributed by atoms with Crippen LogP contribution in [0.2, 0.25) is 0 Å². The van der Waals surface area contributed by atoms with Crippen LogP contribution in [-0.4, -0.2) is 11.3 Å². The summed E-state index contributed by atoms with van der Waals surface area (Å²) in [5, 5.41) is 2.68. The quantitative estimate of drug-likeness (QED) is 0.347. The number of aryl methyl sites for hydroxylation is 3. The first kappa shape index (κ1) is 16.4. The van der Waals surface area contributed by atoms with Crippen molar-refractivity contribution in [3.8, 4) is 17.2 Å². The highest BCUT2D eigenvalue weighted by Gasteiger charge is 2.40. The molecule has 7 rings (SSSR count). The van der Waals surface area contributed by atoms with Crippen LogP contribution in [0.4, 0.5) is 0 Å². The van der Waals surface area contributed by atoms with Gasteiger partial charge in [-0.2, -0.15) is 0 Å². The van der Waals surface area contributed by atoms with Crippen molar-refractivity contribution in [2.24, 2.45) is 0 Å². The second-order valence-electron chi connectivity index (χ2n) is 8.88. The number of para-hydroxylation sites is 1. The Morgan fingerprint density at radius 2 is 1.50 bits per heavy atom. The van der Waals surface area contributed by atoms with Gasteiger partial charge in [0.2, 0.25) is 0 Å². The van der Waals surface area contributed by atoms with Crippen LogP contribution >= 0.6 is 0 Å². The highest BCUT2D eigenvalue weighted by Crippen LogP contribution is 2.38. The van der Waals surface area contributed by atoms with E-state index in [1.54, 1.807) is 0 Å². The maximum atomic E-state index is 6.44. The van der Waals surface area contributed by atoms with Gasteiger partial charge >= 0.3 is 0 Å². The van der Waals surface area contributed by atoms with E-state index >= 15 is 0 Å². The number of rotatable bonds is 0. The lowest BCUT2D eigenvalue weighted by Gasteiger charge is -2.33. The minimum absolute atomic E-state index is 0.195. The van der Waals surface area contributed by atoms with Gasteiger partial charge in [-0.25, -0.2) is 0 Å². The molecule has 0 fully saturated rings. The molecule has 0 atom stereocenters. The minimum atomic E-state index is 0.195. The highest BCUT2D eigenvalue weighted by molar-refractivity contribution is 6.99. The summed E-state index contributed by atoms with van der Waals surface area (Å²) in [6.07, 6.45) is 0. The molecular weight excluding hydrogens is 365 g/mol. The summed E-state index contributed by atoms with van der Waals surface area (Å²) >= 11 is 0. The van der Waals surface area contributed by atoms with Crippen LogP contribution in [-0.2, 0) is 0 Å². The molecule has 0 aliphatic carbocycles. The number of nitrogens with zero attached hydrogens (tertiary/aromatic N) is 1. The fourth-order valence-electron chi connectivity index (χ4n) is 5.63. The SMILES string of the molecule is Cc1cc2c3c(c1)-n1c4ccc(C)cc4c4cc(C)cc(c41)B3c1ccccc1O2. The molecule has 5 aromatic rings. The van der Waals surface area contributed by atoms with Crippen LogP contribution in [0.1, 0.15) is 16.7 Å². The summed E-state index contributed by atoms with van der Waals surface area (Å²) < 4.78 is 8.91. The van der Waals surface area contributed by atoms with Crippen molar-refractivity contribution in [2.45, 2.75) is 20.8 Å². The predicted molar refractivity (Wildman–Crippen MR) is 126 cm³/mol. The first-order chi connectivity index (χ1) is 14.6. The molecule has 1 aromatic heterocycles. The van der Waals surface area contributed by atoms with Crippen molar-refractivity contribution >= 4 is 44.9 Å². The molecule has 4 aromatic carbocycles. The third-order valence-electron chi connectivity index (χ3n) is 6.75. The topological polar surface area (TPSA) is 14.2 Å². The predicted octanol–water partition coefficient (Wildman–Crippen LogP) is 4.64. The van der Waals surface area contributed by atoms with Crippen LogP contribution in [0, 0.1) is 20.8 Å². The van der Waals surface area contributed by atoms with Gasteiger partial charge in [-0.15, -0.1) is 0 Å². The normalized spacial score (nSPS) is 13.4. The molecule has 0 saturated heterocycles. The fourth-order valence-corrected chi connectivity index (χ4v) is 5.63. The van der Waals surface area contributed by atoms with Crippen molar-refractivity contribution in [3.63, 3.8) is 0 Å². The molecule has 0 radical (unpaired) electrons. The van der Waals surface area contributed by atoms with E-state index in [4.69, 9.17) is 4.74 Å². The van der Waals surface area contributed by atoms with Gasteiger partial charge in [-0.3, -0.25) is 0 Å². The van der Waals surface area contributed by atoms with Gasteiger partial charge in [0.25, 0.3) is 6.71 Å². The van der Waals surface area contributed by atoms with Gasteiger partial charge < -0.3 is 9.30 Å². The van der Waals surface area contributed by atoms with Crippen molar-refractivity contribution < 1.29 is 4.74 Å². The van der Waals surface area contributed by atoms with Gasteiger partial charge in [0.1, 0.15) is 11.5 Å². The fraction of sp³-hybridized carbons (Fsp3) is 0.111. The molecule has 0 bridgehead atoms. The van der Waals surface area contributed by atoms with Gasteiger partial charge in [-0.1, -0.05) is 41.5 Å². The van der Waals surface area contributed by atoms with Crippen molar-refractivity contribution in [1.29, 1.82) is 0 Å². The Hall–Kier alpha value is -3.46. The van der Waals surface area contributed by atoms with E-state index in [9.17, 15) is 0 Å². The molecule has 142 valence electrons. The largest absolute Gasteiger partial charge is 0.458 e. The first-order valence-corrected chi connectivity index (χ1v) is 10.6. The average molecular weight is 385 g/mol. The Balaban J connectivity index is 1.76. The molecular formula is C27H20BNO. The van der Waals surface area contributed by atoms with E-state index in [1.807, 2.05) is 0 Å².